The highest BCUT2D eigenvalue weighted by Gasteiger charge is 2.28. The van der Waals surface area contributed by atoms with Crippen molar-refractivity contribution in [1.82, 2.24) is 5.32 Å². The van der Waals surface area contributed by atoms with Crippen LogP contribution in [0.5, 0.6) is 0 Å². The minimum absolute atomic E-state index is 0.0895. The number of carbonyl (C=O) groups excluding carboxylic acids is 2. The molecule has 0 aromatic heterocycles. The summed E-state index contributed by atoms with van der Waals surface area (Å²) in [7, 11) is 0. The van der Waals surface area contributed by atoms with Crippen molar-refractivity contribution in [1.29, 1.82) is 0 Å². The molecule has 1 aromatic rings. The molecule has 138 valence electrons. The number of esters is 1. The smallest absolute Gasteiger partial charge is 0.408 e. The molecule has 1 aromatic carbocycles. The van der Waals surface area contributed by atoms with Crippen molar-refractivity contribution in [2.24, 2.45) is 5.92 Å². The van der Waals surface area contributed by atoms with Gasteiger partial charge in [0.25, 0.3) is 0 Å². The van der Waals surface area contributed by atoms with Gasteiger partial charge in [0.1, 0.15) is 6.61 Å². The van der Waals surface area contributed by atoms with E-state index in [4.69, 9.17) is 14.2 Å². The van der Waals surface area contributed by atoms with E-state index in [-0.39, 0.29) is 19.3 Å². The van der Waals surface area contributed by atoms with Crippen LogP contribution in [-0.2, 0) is 25.6 Å². The average Bonchev–Trinajstić information content (AvgIpc) is 2.65. The van der Waals surface area contributed by atoms with Crippen molar-refractivity contribution in [2.45, 2.75) is 51.9 Å². The standard InChI is InChI=1S/C19H27NO5/c1-3-7-16-10-14(2)25-18(21)17(13-23-11-16)20-19(22)24-12-15-8-5-4-6-9-15/h4-6,8-9,14,16-17H,3,7,10-13H2,1-2H3,(H,20,22)/t14?,16?,17-/m0/s1. The fourth-order valence-corrected chi connectivity index (χ4v) is 2.90. The van der Waals surface area contributed by atoms with Crippen LogP contribution in [-0.4, -0.2) is 37.4 Å². The molecule has 0 bridgehead atoms. The molecule has 25 heavy (non-hydrogen) atoms. The first-order valence-corrected chi connectivity index (χ1v) is 8.84. The second kappa shape index (κ2) is 10.0. The van der Waals surface area contributed by atoms with Crippen molar-refractivity contribution in [3.05, 3.63) is 35.9 Å². The van der Waals surface area contributed by atoms with Gasteiger partial charge in [0.2, 0.25) is 0 Å². The Morgan fingerprint density at radius 3 is 2.76 bits per heavy atom. The van der Waals surface area contributed by atoms with Crippen molar-refractivity contribution < 1.29 is 23.8 Å². The molecule has 0 saturated carbocycles. The summed E-state index contributed by atoms with van der Waals surface area (Å²) in [5.74, 6) is -0.127. The lowest BCUT2D eigenvalue weighted by atomic mass is 9.98. The Bertz CT molecular complexity index is 548. The summed E-state index contributed by atoms with van der Waals surface area (Å²) < 4.78 is 16.2. The predicted molar refractivity (Wildman–Crippen MR) is 92.9 cm³/mol. The first kappa shape index (κ1) is 19.2. The largest absolute Gasteiger partial charge is 0.461 e. The van der Waals surface area contributed by atoms with Gasteiger partial charge in [-0.1, -0.05) is 43.7 Å². The summed E-state index contributed by atoms with van der Waals surface area (Å²) in [4.78, 5) is 24.2. The summed E-state index contributed by atoms with van der Waals surface area (Å²) in [6, 6.07) is 8.50. The van der Waals surface area contributed by atoms with E-state index in [1.54, 1.807) is 0 Å². The summed E-state index contributed by atoms with van der Waals surface area (Å²) in [6.07, 6.45) is 1.99. The molecule has 1 fully saturated rings. The highest BCUT2D eigenvalue weighted by molar-refractivity contribution is 5.81. The van der Waals surface area contributed by atoms with E-state index in [0.29, 0.717) is 12.5 Å². The zero-order chi connectivity index (χ0) is 18.1. The number of alkyl carbamates (subject to hydrolysis) is 1. The van der Waals surface area contributed by atoms with Gasteiger partial charge in [-0.05, 0) is 31.2 Å². The van der Waals surface area contributed by atoms with Gasteiger partial charge < -0.3 is 19.5 Å². The maximum atomic E-state index is 12.2. The van der Waals surface area contributed by atoms with Crippen LogP contribution >= 0.6 is 0 Å². The van der Waals surface area contributed by atoms with E-state index in [1.165, 1.54) is 0 Å². The molecule has 0 radical (unpaired) electrons. The summed E-state index contributed by atoms with van der Waals surface area (Å²) in [5.41, 5.74) is 0.877. The molecule has 6 heteroatoms. The number of hydrogen-bond donors (Lipinski definition) is 1. The molecule has 6 nitrogen and oxygen atoms in total. The predicted octanol–water partition coefficient (Wildman–Crippen LogP) is 3.05. The molecule has 0 aliphatic carbocycles. The van der Waals surface area contributed by atoms with Gasteiger partial charge in [0.15, 0.2) is 6.04 Å². The Kier molecular flexibility index (Phi) is 7.73. The Hall–Kier alpha value is -2.08. The number of nitrogens with one attached hydrogen (secondary N) is 1. The van der Waals surface area contributed by atoms with Gasteiger partial charge in [-0.25, -0.2) is 9.59 Å². The van der Waals surface area contributed by atoms with E-state index in [9.17, 15) is 9.59 Å². The number of cyclic esters (lactones) is 1. The Labute approximate surface area is 148 Å². The molecular formula is C19H27NO5. The van der Waals surface area contributed by atoms with Crippen molar-refractivity contribution in [3.8, 4) is 0 Å². The summed E-state index contributed by atoms with van der Waals surface area (Å²) in [5, 5.41) is 2.54. The van der Waals surface area contributed by atoms with Crippen LogP contribution in [0.4, 0.5) is 4.79 Å². The zero-order valence-electron chi connectivity index (χ0n) is 14.9. The summed E-state index contributed by atoms with van der Waals surface area (Å²) in [6.45, 7) is 4.79. The van der Waals surface area contributed by atoms with Gasteiger partial charge in [-0.15, -0.1) is 0 Å². The fraction of sp³-hybridized carbons (Fsp3) is 0.579. The molecule has 1 aliphatic rings. The lowest BCUT2D eigenvalue weighted by Gasteiger charge is -2.19. The molecule has 3 atom stereocenters. The third-order valence-electron chi connectivity index (χ3n) is 4.11. The third kappa shape index (κ3) is 6.74. The molecule has 1 saturated heterocycles. The van der Waals surface area contributed by atoms with E-state index in [0.717, 1.165) is 24.8 Å². The van der Waals surface area contributed by atoms with Crippen molar-refractivity contribution in [2.75, 3.05) is 13.2 Å². The zero-order valence-corrected chi connectivity index (χ0v) is 14.9. The van der Waals surface area contributed by atoms with Gasteiger partial charge in [0.05, 0.1) is 12.7 Å². The number of hydrogen-bond acceptors (Lipinski definition) is 5. The number of amides is 1. The second-order valence-electron chi connectivity index (χ2n) is 6.43. The number of ether oxygens (including phenoxy) is 3. The Morgan fingerprint density at radius 2 is 2.04 bits per heavy atom. The van der Waals surface area contributed by atoms with Crippen LogP contribution in [0.3, 0.4) is 0 Å². The van der Waals surface area contributed by atoms with Crippen LogP contribution < -0.4 is 5.32 Å². The minimum atomic E-state index is -0.855. The number of benzene rings is 1. The number of rotatable bonds is 5. The molecule has 2 rings (SSSR count). The van der Waals surface area contributed by atoms with E-state index >= 15 is 0 Å². The maximum absolute atomic E-state index is 12.2. The van der Waals surface area contributed by atoms with Crippen LogP contribution in [0, 0.1) is 5.92 Å². The molecule has 1 amide bonds. The Morgan fingerprint density at radius 1 is 1.28 bits per heavy atom. The molecular weight excluding hydrogens is 322 g/mol. The average molecular weight is 349 g/mol. The molecule has 1 N–H and O–H groups in total. The third-order valence-corrected chi connectivity index (χ3v) is 4.11. The first-order chi connectivity index (χ1) is 12.1. The second-order valence-corrected chi connectivity index (χ2v) is 6.43. The molecule has 2 unspecified atom stereocenters. The molecule has 1 aliphatic heterocycles. The first-order valence-electron chi connectivity index (χ1n) is 8.84. The monoisotopic (exact) mass is 349 g/mol. The SMILES string of the molecule is CCCC1COC[C@H](NC(=O)OCc2ccccc2)C(=O)OC(C)C1. The summed E-state index contributed by atoms with van der Waals surface area (Å²) >= 11 is 0. The lowest BCUT2D eigenvalue weighted by Crippen LogP contribution is -2.45. The van der Waals surface area contributed by atoms with Crippen LogP contribution in [0.1, 0.15) is 38.7 Å². The van der Waals surface area contributed by atoms with E-state index in [1.807, 2.05) is 37.3 Å². The van der Waals surface area contributed by atoms with Gasteiger partial charge in [-0.3, -0.25) is 0 Å². The van der Waals surface area contributed by atoms with Gasteiger partial charge in [-0.2, -0.15) is 0 Å². The highest BCUT2D eigenvalue weighted by atomic mass is 16.6. The van der Waals surface area contributed by atoms with Crippen LogP contribution in [0.15, 0.2) is 30.3 Å². The maximum Gasteiger partial charge on any atom is 0.408 e. The van der Waals surface area contributed by atoms with Crippen molar-refractivity contribution >= 4 is 12.1 Å². The van der Waals surface area contributed by atoms with Crippen LogP contribution in [0.2, 0.25) is 0 Å². The topological polar surface area (TPSA) is 73.9 Å². The minimum Gasteiger partial charge on any atom is -0.461 e. The Balaban J connectivity index is 1.86. The van der Waals surface area contributed by atoms with Gasteiger partial charge in [0, 0.05) is 6.61 Å². The molecule has 1 heterocycles. The number of carbonyl (C=O) groups is 2. The quantitative estimate of drug-likeness (QED) is 0.827. The van der Waals surface area contributed by atoms with E-state index < -0.39 is 18.1 Å². The van der Waals surface area contributed by atoms with Crippen LogP contribution in [0.25, 0.3) is 0 Å². The normalized spacial score (nSPS) is 24.4. The van der Waals surface area contributed by atoms with Crippen molar-refractivity contribution in [3.63, 3.8) is 0 Å². The fourth-order valence-electron chi connectivity index (χ4n) is 2.90. The lowest BCUT2D eigenvalue weighted by molar-refractivity contribution is -0.151. The van der Waals surface area contributed by atoms with E-state index in [2.05, 4.69) is 12.2 Å². The molecule has 0 spiro atoms. The highest BCUT2D eigenvalue weighted by Crippen LogP contribution is 2.18. The van der Waals surface area contributed by atoms with Gasteiger partial charge >= 0.3 is 12.1 Å².